The molecule has 2 aliphatic carbocycles. The van der Waals surface area contributed by atoms with E-state index in [1.54, 1.807) is 0 Å². The molecule has 2 heterocycles. The van der Waals surface area contributed by atoms with E-state index in [-0.39, 0.29) is 11.9 Å². The summed E-state index contributed by atoms with van der Waals surface area (Å²) in [7, 11) is 0. The molecule has 0 spiro atoms. The third-order valence-electron chi connectivity index (χ3n) is 8.08. The van der Waals surface area contributed by atoms with E-state index in [1.807, 2.05) is 23.5 Å². The highest BCUT2D eigenvalue weighted by Crippen LogP contribution is 2.53. The van der Waals surface area contributed by atoms with Gasteiger partial charge in [0.05, 0.1) is 0 Å². The molecular formula is C28H32N4O. The van der Waals surface area contributed by atoms with E-state index >= 15 is 0 Å². The van der Waals surface area contributed by atoms with Crippen LogP contribution >= 0.6 is 0 Å². The summed E-state index contributed by atoms with van der Waals surface area (Å²) in [5, 5.41) is 3.45. The first-order chi connectivity index (χ1) is 16.3. The second-order valence-corrected chi connectivity index (χ2v) is 10.1. The number of imidazole rings is 1. The van der Waals surface area contributed by atoms with Crippen molar-refractivity contribution in [2.45, 2.75) is 44.1 Å². The van der Waals surface area contributed by atoms with Gasteiger partial charge in [-0.1, -0.05) is 55.0 Å². The van der Waals surface area contributed by atoms with Crippen LogP contribution in [0.3, 0.4) is 0 Å². The molecule has 5 nitrogen and oxygen atoms in total. The van der Waals surface area contributed by atoms with E-state index in [0.29, 0.717) is 18.2 Å². The number of benzene rings is 2. The van der Waals surface area contributed by atoms with Crippen molar-refractivity contribution >= 4 is 5.91 Å². The molecule has 2 bridgehead atoms. The third kappa shape index (κ3) is 3.99. The molecule has 3 aromatic rings. The van der Waals surface area contributed by atoms with Crippen molar-refractivity contribution < 1.29 is 4.79 Å². The van der Waals surface area contributed by atoms with Gasteiger partial charge < -0.3 is 14.8 Å². The Labute approximate surface area is 195 Å². The van der Waals surface area contributed by atoms with Crippen molar-refractivity contribution in [2.75, 3.05) is 19.6 Å². The summed E-state index contributed by atoms with van der Waals surface area (Å²) in [4.78, 5) is 20.1. The minimum absolute atomic E-state index is 0.0357. The Balaban J connectivity index is 1.24. The van der Waals surface area contributed by atoms with Crippen molar-refractivity contribution in [3.8, 4) is 5.69 Å². The average Bonchev–Trinajstić information content (AvgIpc) is 3.62. The number of hydrogen-bond donors (Lipinski definition) is 1. The number of para-hydroxylation sites is 1. The van der Waals surface area contributed by atoms with E-state index in [9.17, 15) is 4.79 Å². The van der Waals surface area contributed by atoms with E-state index in [4.69, 9.17) is 0 Å². The van der Waals surface area contributed by atoms with Crippen LogP contribution in [0.15, 0.2) is 67.1 Å². The molecule has 3 fully saturated rings. The van der Waals surface area contributed by atoms with Crippen LogP contribution in [0.5, 0.6) is 0 Å². The first-order valence-electron chi connectivity index (χ1n) is 12.4. The maximum atomic E-state index is 13.5. The van der Waals surface area contributed by atoms with E-state index in [0.717, 1.165) is 31.3 Å². The standard InChI is InChI=1S/C28H32N4O/c33-28(32-13-12-29-17-23(32)15-20-6-2-1-3-7-20)26-18-31(19-30-26)27-9-5-4-8-24(27)25-16-21-10-11-22(25)14-21/h1-9,18-19,21-23,25,29H,10-17H2/t21?,22?,23-,25-/m1/s1. The molecule has 1 N–H and O–H groups in total. The summed E-state index contributed by atoms with van der Waals surface area (Å²) >= 11 is 0. The summed E-state index contributed by atoms with van der Waals surface area (Å²) in [6.45, 7) is 2.35. The molecule has 3 aliphatic rings. The molecule has 1 aliphatic heterocycles. The van der Waals surface area contributed by atoms with Gasteiger partial charge >= 0.3 is 0 Å². The first-order valence-corrected chi connectivity index (χ1v) is 12.4. The van der Waals surface area contributed by atoms with Gasteiger partial charge in [0.2, 0.25) is 0 Å². The topological polar surface area (TPSA) is 50.2 Å². The summed E-state index contributed by atoms with van der Waals surface area (Å²) < 4.78 is 2.07. The van der Waals surface area contributed by atoms with Gasteiger partial charge in [-0.3, -0.25) is 4.79 Å². The summed E-state index contributed by atoms with van der Waals surface area (Å²) in [5.74, 6) is 2.40. The number of carbonyl (C=O) groups excluding carboxylic acids is 1. The fraction of sp³-hybridized carbons (Fsp3) is 0.429. The smallest absolute Gasteiger partial charge is 0.274 e. The van der Waals surface area contributed by atoms with Crippen LogP contribution in [-0.2, 0) is 6.42 Å². The van der Waals surface area contributed by atoms with Crippen molar-refractivity contribution in [3.05, 3.63) is 83.9 Å². The third-order valence-corrected chi connectivity index (χ3v) is 8.08. The van der Waals surface area contributed by atoms with Crippen molar-refractivity contribution in [3.63, 3.8) is 0 Å². The normalized spacial score (nSPS) is 26.6. The number of hydrogen-bond acceptors (Lipinski definition) is 3. The quantitative estimate of drug-likeness (QED) is 0.638. The Morgan fingerprint density at radius 3 is 2.70 bits per heavy atom. The van der Waals surface area contributed by atoms with Gasteiger partial charge in [0.25, 0.3) is 5.91 Å². The van der Waals surface area contributed by atoms with Crippen LogP contribution in [0.1, 0.15) is 53.2 Å². The van der Waals surface area contributed by atoms with Crippen LogP contribution < -0.4 is 5.32 Å². The molecule has 0 radical (unpaired) electrons. The number of carbonyl (C=O) groups is 1. The number of amides is 1. The number of nitrogens with one attached hydrogen (secondary N) is 1. The minimum Gasteiger partial charge on any atom is -0.331 e. The maximum Gasteiger partial charge on any atom is 0.274 e. The Morgan fingerprint density at radius 1 is 1.03 bits per heavy atom. The molecular weight excluding hydrogens is 408 g/mol. The largest absolute Gasteiger partial charge is 0.331 e. The van der Waals surface area contributed by atoms with Gasteiger partial charge in [0.1, 0.15) is 12.0 Å². The van der Waals surface area contributed by atoms with Gasteiger partial charge in [-0.05, 0) is 60.6 Å². The number of fused-ring (bicyclic) bond motifs is 2. The predicted octanol–water partition coefficient (Wildman–Crippen LogP) is 4.43. The highest BCUT2D eigenvalue weighted by molar-refractivity contribution is 5.92. The van der Waals surface area contributed by atoms with E-state index in [1.165, 1.54) is 42.5 Å². The zero-order valence-corrected chi connectivity index (χ0v) is 19.1. The fourth-order valence-corrected chi connectivity index (χ4v) is 6.47. The monoisotopic (exact) mass is 440 g/mol. The highest BCUT2D eigenvalue weighted by Gasteiger charge is 2.41. The Bertz CT molecular complexity index is 1120. The van der Waals surface area contributed by atoms with Crippen molar-refractivity contribution in [2.24, 2.45) is 11.8 Å². The molecule has 6 rings (SSSR count). The molecule has 1 aromatic heterocycles. The second-order valence-electron chi connectivity index (χ2n) is 10.1. The van der Waals surface area contributed by atoms with Crippen LogP contribution in [0.25, 0.3) is 5.69 Å². The summed E-state index contributed by atoms with van der Waals surface area (Å²) in [6.07, 6.45) is 10.1. The fourth-order valence-electron chi connectivity index (χ4n) is 6.47. The molecule has 33 heavy (non-hydrogen) atoms. The number of rotatable bonds is 5. The summed E-state index contributed by atoms with van der Waals surface area (Å²) in [5.41, 5.74) is 4.40. The molecule has 5 heteroatoms. The molecule has 2 aromatic carbocycles. The molecule has 1 saturated heterocycles. The van der Waals surface area contributed by atoms with Gasteiger partial charge in [0.15, 0.2) is 0 Å². The maximum absolute atomic E-state index is 13.5. The lowest BCUT2D eigenvalue weighted by molar-refractivity contribution is 0.0630. The van der Waals surface area contributed by atoms with E-state index < -0.39 is 0 Å². The molecule has 2 saturated carbocycles. The van der Waals surface area contributed by atoms with Crippen LogP contribution in [-0.4, -0.2) is 46.0 Å². The lowest BCUT2D eigenvalue weighted by atomic mass is 9.82. The zero-order valence-electron chi connectivity index (χ0n) is 19.1. The first kappa shape index (κ1) is 20.7. The number of nitrogens with zero attached hydrogens (tertiary/aromatic N) is 3. The predicted molar refractivity (Wildman–Crippen MR) is 130 cm³/mol. The average molecular weight is 441 g/mol. The Morgan fingerprint density at radius 2 is 1.88 bits per heavy atom. The van der Waals surface area contributed by atoms with Crippen LogP contribution in [0.2, 0.25) is 0 Å². The van der Waals surface area contributed by atoms with Crippen molar-refractivity contribution in [1.29, 1.82) is 0 Å². The SMILES string of the molecule is O=C(c1cn(-c2ccccc2[C@@H]2CC3CCC2C3)cn1)N1CCNC[C@H]1Cc1ccccc1. The second kappa shape index (κ2) is 8.79. The van der Waals surface area contributed by atoms with Gasteiger partial charge in [0, 0.05) is 37.6 Å². The minimum atomic E-state index is 0.0357. The zero-order chi connectivity index (χ0) is 22.2. The lowest BCUT2D eigenvalue weighted by Gasteiger charge is -2.36. The van der Waals surface area contributed by atoms with Crippen LogP contribution in [0.4, 0.5) is 0 Å². The van der Waals surface area contributed by atoms with Gasteiger partial charge in [-0.15, -0.1) is 0 Å². The van der Waals surface area contributed by atoms with Crippen molar-refractivity contribution in [1.82, 2.24) is 19.8 Å². The Hall–Kier alpha value is -2.92. The number of aromatic nitrogens is 2. The molecule has 2 unspecified atom stereocenters. The lowest BCUT2D eigenvalue weighted by Crippen LogP contribution is -2.54. The Kier molecular flexibility index (Phi) is 5.50. The van der Waals surface area contributed by atoms with Crippen LogP contribution in [0, 0.1) is 11.8 Å². The highest BCUT2D eigenvalue weighted by atomic mass is 16.2. The van der Waals surface area contributed by atoms with E-state index in [2.05, 4.69) is 63.4 Å². The molecule has 4 atom stereocenters. The van der Waals surface area contributed by atoms with Gasteiger partial charge in [-0.2, -0.15) is 0 Å². The summed E-state index contributed by atoms with van der Waals surface area (Å²) in [6, 6.07) is 19.3. The molecule has 170 valence electrons. The van der Waals surface area contributed by atoms with Gasteiger partial charge in [-0.25, -0.2) is 4.98 Å². The number of piperazine rings is 1. The molecule has 1 amide bonds.